The van der Waals surface area contributed by atoms with E-state index in [1.54, 1.807) is 0 Å². The fraction of sp³-hybridized carbons (Fsp3) is 1.00. The Labute approximate surface area is 133 Å². The first-order valence-electron chi connectivity index (χ1n) is 9.69. The van der Waals surface area contributed by atoms with Gasteiger partial charge in [-0.3, -0.25) is 0 Å². The minimum absolute atomic E-state index is 0.537. The Hall–Kier alpha value is -0.0800. The molecule has 1 unspecified atom stereocenters. The van der Waals surface area contributed by atoms with Crippen molar-refractivity contribution in [2.45, 2.75) is 97.0 Å². The van der Waals surface area contributed by atoms with Crippen molar-refractivity contribution in [1.29, 1.82) is 0 Å². The SMILES string of the molecule is CCC(CC)CCCCCCCCCCCNCC1CO1. The highest BCUT2D eigenvalue weighted by Gasteiger charge is 2.20. The molecule has 0 saturated carbocycles. The lowest BCUT2D eigenvalue weighted by molar-refractivity contribution is 0.395. The minimum Gasteiger partial charge on any atom is -0.372 e. The lowest BCUT2D eigenvalue weighted by Gasteiger charge is -2.11. The van der Waals surface area contributed by atoms with E-state index in [0.29, 0.717) is 6.10 Å². The summed E-state index contributed by atoms with van der Waals surface area (Å²) in [5.41, 5.74) is 0. The second-order valence-electron chi connectivity index (χ2n) is 6.81. The summed E-state index contributed by atoms with van der Waals surface area (Å²) in [5.74, 6) is 0.991. The number of nitrogens with one attached hydrogen (secondary N) is 1. The van der Waals surface area contributed by atoms with E-state index in [-0.39, 0.29) is 0 Å². The number of hydrogen-bond acceptors (Lipinski definition) is 2. The molecule has 0 amide bonds. The van der Waals surface area contributed by atoms with Gasteiger partial charge in [-0.25, -0.2) is 0 Å². The molecule has 21 heavy (non-hydrogen) atoms. The van der Waals surface area contributed by atoms with Crippen molar-refractivity contribution in [2.24, 2.45) is 5.92 Å². The van der Waals surface area contributed by atoms with E-state index < -0.39 is 0 Å². The van der Waals surface area contributed by atoms with Crippen LogP contribution in [0.15, 0.2) is 0 Å². The smallest absolute Gasteiger partial charge is 0.0933 e. The van der Waals surface area contributed by atoms with E-state index in [9.17, 15) is 0 Å². The maximum absolute atomic E-state index is 5.17. The zero-order valence-electron chi connectivity index (χ0n) is 14.7. The van der Waals surface area contributed by atoms with Crippen molar-refractivity contribution in [3.8, 4) is 0 Å². The Morgan fingerprint density at radius 1 is 0.857 bits per heavy atom. The Balaban J connectivity index is 1.66. The second kappa shape index (κ2) is 13.6. The fourth-order valence-electron chi connectivity index (χ4n) is 3.07. The standard InChI is InChI=1S/C19H39NO/c1-3-18(4-2)14-12-10-8-6-5-7-9-11-13-15-20-16-19-17-21-19/h18-20H,3-17H2,1-2H3. The van der Waals surface area contributed by atoms with Crippen LogP contribution in [0.1, 0.15) is 90.9 Å². The molecular formula is C19H39NO. The molecule has 0 aromatic carbocycles. The molecule has 0 aromatic heterocycles. The molecule has 0 aliphatic carbocycles. The number of ether oxygens (including phenoxy) is 1. The summed E-state index contributed by atoms with van der Waals surface area (Å²) in [5, 5.41) is 3.47. The Morgan fingerprint density at radius 3 is 1.90 bits per heavy atom. The van der Waals surface area contributed by atoms with Gasteiger partial charge in [0.2, 0.25) is 0 Å². The third-order valence-electron chi connectivity index (χ3n) is 4.90. The normalized spacial score (nSPS) is 17.6. The molecule has 1 rings (SSSR count). The predicted molar refractivity (Wildman–Crippen MR) is 92.9 cm³/mol. The fourth-order valence-corrected chi connectivity index (χ4v) is 3.07. The van der Waals surface area contributed by atoms with E-state index in [4.69, 9.17) is 4.74 Å². The maximum atomic E-state index is 5.17. The Kier molecular flexibility index (Phi) is 12.3. The molecule has 1 fully saturated rings. The van der Waals surface area contributed by atoms with Crippen molar-refractivity contribution in [2.75, 3.05) is 19.7 Å². The third-order valence-corrected chi connectivity index (χ3v) is 4.90. The number of hydrogen-bond donors (Lipinski definition) is 1. The molecular weight excluding hydrogens is 258 g/mol. The van der Waals surface area contributed by atoms with Gasteiger partial charge >= 0.3 is 0 Å². The van der Waals surface area contributed by atoms with E-state index in [2.05, 4.69) is 19.2 Å². The molecule has 1 saturated heterocycles. The quantitative estimate of drug-likeness (QED) is 0.308. The molecule has 1 aliphatic heterocycles. The molecule has 0 bridgehead atoms. The van der Waals surface area contributed by atoms with Crippen LogP contribution in [0.2, 0.25) is 0 Å². The average molecular weight is 298 g/mol. The van der Waals surface area contributed by atoms with Crippen LogP contribution < -0.4 is 5.32 Å². The summed E-state index contributed by atoms with van der Waals surface area (Å²) in [6.07, 6.45) is 17.6. The first kappa shape index (κ1) is 19.0. The summed E-state index contributed by atoms with van der Waals surface area (Å²) >= 11 is 0. The van der Waals surface area contributed by atoms with Gasteiger partial charge in [-0.1, -0.05) is 84.5 Å². The highest BCUT2D eigenvalue weighted by molar-refractivity contribution is 4.71. The Morgan fingerprint density at radius 2 is 1.38 bits per heavy atom. The van der Waals surface area contributed by atoms with E-state index in [1.165, 1.54) is 83.6 Å². The van der Waals surface area contributed by atoms with E-state index >= 15 is 0 Å². The Bertz CT molecular complexity index is 212. The monoisotopic (exact) mass is 297 g/mol. The largest absolute Gasteiger partial charge is 0.372 e. The van der Waals surface area contributed by atoms with Crippen molar-refractivity contribution in [3.63, 3.8) is 0 Å². The van der Waals surface area contributed by atoms with Crippen LogP contribution in [0.4, 0.5) is 0 Å². The molecule has 0 radical (unpaired) electrons. The molecule has 0 aromatic rings. The average Bonchev–Trinajstić information content (AvgIpc) is 3.32. The van der Waals surface area contributed by atoms with Crippen LogP contribution in [0, 0.1) is 5.92 Å². The first-order chi connectivity index (χ1) is 10.4. The van der Waals surface area contributed by atoms with Crippen molar-refractivity contribution >= 4 is 0 Å². The van der Waals surface area contributed by atoms with Gasteiger partial charge in [0.1, 0.15) is 0 Å². The van der Waals surface area contributed by atoms with Crippen LogP contribution in [0.25, 0.3) is 0 Å². The first-order valence-corrected chi connectivity index (χ1v) is 9.69. The lowest BCUT2D eigenvalue weighted by atomic mass is 9.95. The zero-order chi connectivity index (χ0) is 15.2. The minimum atomic E-state index is 0.537. The lowest BCUT2D eigenvalue weighted by Crippen LogP contribution is -2.20. The van der Waals surface area contributed by atoms with Gasteiger partial charge in [0, 0.05) is 6.54 Å². The third kappa shape index (κ3) is 12.2. The van der Waals surface area contributed by atoms with Gasteiger partial charge in [0.25, 0.3) is 0 Å². The number of rotatable bonds is 16. The molecule has 1 aliphatic rings. The highest BCUT2D eigenvalue weighted by atomic mass is 16.6. The van der Waals surface area contributed by atoms with Gasteiger partial charge in [-0.15, -0.1) is 0 Å². The van der Waals surface area contributed by atoms with Crippen LogP contribution in [-0.4, -0.2) is 25.8 Å². The van der Waals surface area contributed by atoms with Gasteiger partial charge in [-0.2, -0.15) is 0 Å². The summed E-state index contributed by atoms with van der Waals surface area (Å²) in [6, 6.07) is 0. The topological polar surface area (TPSA) is 24.6 Å². The van der Waals surface area contributed by atoms with Crippen LogP contribution >= 0.6 is 0 Å². The van der Waals surface area contributed by atoms with Gasteiger partial charge < -0.3 is 10.1 Å². The molecule has 0 spiro atoms. The molecule has 1 N–H and O–H groups in total. The van der Waals surface area contributed by atoms with Crippen molar-refractivity contribution in [3.05, 3.63) is 0 Å². The summed E-state index contributed by atoms with van der Waals surface area (Å²) in [4.78, 5) is 0. The zero-order valence-corrected chi connectivity index (χ0v) is 14.7. The van der Waals surface area contributed by atoms with Gasteiger partial charge in [0.15, 0.2) is 0 Å². The van der Waals surface area contributed by atoms with E-state index in [0.717, 1.165) is 19.1 Å². The summed E-state index contributed by atoms with van der Waals surface area (Å²) < 4.78 is 5.17. The van der Waals surface area contributed by atoms with Crippen molar-refractivity contribution in [1.82, 2.24) is 5.32 Å². The number of epoxide rings is 1. The maximum Gasteiger partial charge on any atom is 0.0933 e. The molecule has 126 valence electrons. The predicted octanol–water partition coefficient (Wildman–Crippen LogP) is 5.31. The van der Waals surface area contributed by atoms with Crippen LogP contribution in [0.5, 0.6) is 0 Å². The highest BCUT2D eigenvalue weighted by Crippen LogP contribution is 2.18. The molecule has 2 heteroatoms. The van der Waals surface area contributed by atoms with Gasteiger partial charge in [-0.05, 0) is 18.9 Å². The van der Waals surface area contributed by atoms with Crippen molar-refractivity contribution < 1.29 is 4.74 Å². The molecule has 1 heterocycles. The van der Waals surface area contributed by atoms with Crippen LogP contribution in [0.3, 0.4) is 0 Å². The van der Waals surface area contributed by atoms with E-state index in [1.807, 2.05) is 0 Å². The van der Waals surface area contributed by atoms with Crippen LogP contribution in [-0.2, 0) is 4.74 Å². The summed E-state index contributed by atoms with van der Waals surface area (Å²) in [7, 11) is 0. The molecule has 1 atom stereocenters. The summed E-state index contributed by atoms with van der Waals surface area (Å²) in [6.45, 7) is 7.89. The second-order valence-corrected chi connectivity index (χ2v) is 6.81. The molecule has 2 nitrogen and oxygen atoms in total. The van der Waals surface area contributed by atoms with Gasteiger partial charge in [0.05, 0.1) is 12.7 Å². The number of unbranched alkanes of at least 4 members (excludes halogenated alkanes) is 8.